The molecule has 1 aromatic rings. The molecule has 0 aromatic heterocycles. The van der Waals surface area contributed by atoms with E-state index in [-0.39, 0.29) is 5.78 Å². The van der Waals surface area contributed by atoms with Crippen molar-refractivity contribution in [3.8, 4) is 0 Å². The first-order chi connectivity index (χ1) is 11.3. The lowest BCUT2D eigenvalue weighted by molar-refractivity contribution is -0.124. The maximum absolute atomic E-state index is 13.3. The number of hydrogen-bond acceptors (Lipinski definition) is 4. The first-order valence-corrected chi connectivity index (χ1v) is 9.13. The lowest BCUT2D eigenvalue weighted by atomic mass is 9.62. The summed E-state index contributed by atoms with van der Waals surface area (Å²) in [5, 5.41) is 7.49. The molecular formula is C20H26N2OS. The fraction of sp³-hybridized carbons (Fsp3) is 0.400. The Morgan fingerprint density at radius 2 is 2.04 bits per heavy atom. The Morgan fingerprint density at radius 3 is 2.58 bits per heavy atom. The molecule has 3 nitrogen and oxygen atoms in total. The average Bonchev–Trinajstić information content (AvgIpc) is 2.57. The van der Waals surface area contributed by atoms with Crippen molar-refractivity contribution >= 4 is 23.1 Å². The van der Waals surface area contributed by atoms with Gasteiger partial charge in [-0.05, 0) is 29.7 Å². The number of carbonyl (C=O) groups excluding carboxylic acids is 1. The number of benzene rings is 1. The molecule has 4 heteroatoms. The predicted molar refractivity (Wildman–Crippen MR) is 103 cm³/mol. The number of allylic oxidation sites excluding steroid dienone is 3. The molecular weight excluding hydrogens is 316 g/mol. The first kappa shape index (κ1) is 18.5. The largest absolute Gasteiger partial charge is 0.402 e. The van der Waals surface area contributed by atoms with Gasteiger partial charge >= 0.3 is 0 Å². The minimum atomic E-state index is -0.664. The predicted octanol–water partition coefficient (Wildman–Crippen LogP) is 4.79. The minimum absolute atomic E-state index is 0.101. The van der Waals surface area contributed by atoms with E-state index in [2.05, 4.69) is 13.5 Å². The maximum atomic E-state index is 13.3. The van der Waals surface area contributed by atoms with Gasteiger partial charge in [-0.2, -0.15) is 0 Å². The van der Waals surface area contributed by atoms with E-state index in [0.717, 1.165) is 16.9 Å². The molecule has 2 rings (SSSR count). The van der Waals surface area contributed by atoms with E-state index in [0.29, 0.717) is 24.1 Å². The zero-order valence-corrected chi connectivity index (χ0v) is 15.5. The van der Waals surface area contributed by atoms with E-state index in [1.54, 1.807) is 0 Å². The van der Waals surface area contributed by atoms with E-state index >= 15 is 0 Å². The average molecular weight is 343 g/mol. The van der Waals surface area contributed by atoms with Gasteiger partial charge in [0.25, 0.3) is 0 Å². The molecule has 0 fully saturated rings. The van der Waals surface area contributed by atoms with Crippen LogP contribution in [0.15, 0.2) is 53.1 Å². The Morgan fingerprint density at radius 1 is 1.42 bits per heavy atom. The number of nitrogens with two attached hydrogens (primary N) is 1. The summed E-state index contributed by atoms with van der Waals surface area (Å²) >= 11 is 1.26. The second kappa shape index (κ2) is 6.98. The highest BCUT2D eigenvalue weighted by Crippen LogP contribution is 2.51. The monoisotopic (exact) mass is 342 g/mol. The molecule has 1 aliphatic rings. The summed E-state index contributed by atoms with van der Waals surface area (Å²) in [5.74, 6) is 0.101. The summed E-state index contributed by atoms with van der Waals surface area (Å²) in [6, 6.07) is 9.94. The van der Waals surface area contributed by atoms with Crippen LogP contribution in [0, 0.1) is 10.8 Å². The summed E-state index contributed by atoms with van der Waals surface area (Å²) in [4.78, 5) is 14.1. The van der Waals surface area contributed by atoms with Crippen molar-refractivity contribution in [1.82, 2.24) is 0 Å². The van der Waals surface area contributed by atoms with Gasteiger partial charge in [0, 0.05) is 16.7 Å². The number of rotatable bonds is 6. The summed E-state index contributed by atoms with van der Waals surface area (Å²) in [6.07, 6.45) is 2.15. The quantitative estimate of drug-likeness (QED) is 0.577. The molecule has 1 unspecified atom stereocenters. The summed E-state index contributed by atoms with van der Waals surface area (Å²) in [6.45, 7) is 10.3. The number of nitrogens with one attached hydrogen (secondary N) is 1. The Hall–Kier alpha value is -1.81. The van der Waals surface area contributed by atoms with E-state index in [4.69, 9.17) is 11.1 Å². The SMILES string of the molecule is C=C(SC=N)C(CC)(C1=C(N)CCC(C)(C)C1=O)c1ccccc1. The molecule has 0 spiro atoms. The van der Waals surface area contributed by atoms with Gasteiger partial charge < -0.3 is 11.1 Å². The van der Waals surface area contributed by atoms with Crippen LogP contribution in [0.2, 0.25) is 0 Å². The molecule has 3 N–H and O–H groups in total. The lowest BCUT2D eigenvalue weighted by Crippen LogP contribution is -2.43. The Balaban J connectivity index is 2.77. The maximum Gasteiger partial charge on any atom is 0.167 e. The van der Waals surface area contributed by atoms with Crippen molar-refractivity contribution in [3.05, 3.63) is 58.6 Å². The van der Waals surface area contributed by atoms with Crippen molar-refractivity contribution in [2.45, 2.75) is 45.4 Å². The van der Waals surface area contributed by atoms with E-state index in [9.17, 15) is 4.79 Å². The zero-order chi connectivity index (χ0) is 18.0. The first-order valence-electron chi connectivity index (χ1n) is 8.25. The summed E-state index contributed by atoms with van der Waals surface area (Å²) in [5.41, 5.74) is 8.90. The smallest absolute Gasteiger partial charge is 0.167 e. The molecule has 0 heterocycles. The van der Waals surface area contributed by atoms with Crippen molar-refractivity contribution in [1.29, 1.82) is 5.41 Å². The van der Waals surface area contributed by atoms with Gasteiger partial charge in [0.1, 0.15) is 0 Å². The Bertz CT molecular complexity index is 691. The standard InChI is InChI=1S/C20H26N2OS/c1-5-20(14(2)24-13-21,15-9-7-6-8-10-15)17-16(22)11-12-19(3,4)18(17)23/h6-10,13,21H,2,5,11-12,22H2,1,3-4H3. The zero-order valence-electron chi connectivity index (χ0n) is 14.7. The molecule has 128 valence electrons. The fourth-order valence-electron chi connectivity index (χ4n) is 3.56. The second-order valence-electron chi connectivity index (χ2n) is 6.90. The van der Waals surface area contributed by atoms with Gasteiger partial charge in [-0.1, -0.05) is 69.4 Å². The van der Waals surface area contributed by atoms with E-state index < -0.39 is 10.8 Å². The number of carbonyl (C=O) groups is 1. The highest BCUT2D eigenvalue weighted by molar-refractivity contribution is 8.15. The van der Waals surface area contributed by atoms with Crippen LogP contribution < -0.4 is 5.73 Å². The molecule has 0 aliphatic heterocycles. The topological polar surface area (TPSA) is 66.9 Å². The van der Waals surface area contributed by atoms with Gasteiger partial charge in [-0.15, -0.1) is 0 Å². The van der Waals surface area contributed by atoms with Crippen LogP contribution in [0.25, 0.3) is 0 Å². The minimum Gasteiger partial charge on any atom is -0.402 e. The molecule has 0 amide bonds. The summed E-state index contributed by atoms with van der Waals surface area (Å²) < 4.78 is 0. The number of Topliss-reactive ketones (excluding diaryl/α,β-unsaturated/α-hetero) is 1. The van der Waals surface area contributed by atoms with Gasteiger partial charge in [0.05, 0.1) is 11.0 Å². The van der Waals surface area contributed by atoms with Crippen molar-refractivity contribution in [2.75, 3.05) is 0 Å². The van der Waals surface area contributed by atoms with Crippen molar-refractivity contribution in [2.24, 2.45) is 11.1 Å². The number of hydrogen-bond donors (Lipinski definition) is 2. The third kappa shape index (κ3) is 2.95. The molecule has 1 atom stereocenters. The van der Waals surface area contributed by atoms with Gasteiger partial charge in [-0.25, -0.2) is 0 Å². The highest BCUT2D eigenvalue weighted by atomic mass is 32.2. The second-order valence-corrected chi connectivity index (χ2v) is 7.86. The van der Waals surface area contributed by atoms with Crippen LogP contribution in [-0.2, 0) is 10.2 Å². The fourth-order valence-corrected chi connectivity index (χ4v) is 4.26. The third-order valence-corrected chi connectivity index (χ3v) is 5.83. The van der Waals surface area contributed by atoms with Crippen LogP contribution in [-0.4, -0.2) is 11.3 Å². The van der Waals surface area contributed by atoms with Crippen LogP contribution in [0.1, 0.15) is 45.6 Å². The molecule has 0 saturated carbocycles. The van der Waals surface area contributed by atoms with Crippen molar-refractivity contribution < 1.29 is 4.79 Å². The van der Waals surface area contributed by atoms with Crippen molar-refractivity contribution in [3.63, 3.8) is 0 Å². The molecule has 1 aliphatic carbocycles. The van der Waals surface area contributed by atoms with Crippen LogP contribution >= 0.6 is 11.8 Å². The molecule has 0 bridgehead atoms. The van der Waals surface area contributed by atoms with Crippen LogP contribution in [0.3, 0.4) is 0 Å². The number of thioether (sulfide) groups is 1. The van der Waals surface area contributed by atoms with Gasteiger partial charge in [0.2, 0.25) is 0 Å². The van der Waals surface area contributed by atoms with Gasteiger partial charge in [0.15, 0.2) is 5.78 Å². The summed E-state index contributed by atoms with van der Waals surface area (Å²) in [7, 11) is 0. The molecule has 0 radical (unpaired) electrons. The van der Waals surface area contributed by atoms with E-state index in [1.807, 2.05) is 44.2 Å². The molecule has 1 aromatic carbocycles. The third-order valence-electron chi connectivity index (χ3n) is 5.08. The van der Waals surface area contributed by atoms with Crippen LogP contribution in [0.4, 0.5) is 0 Å². The lowest BCUT2D eigenvalue weighted by Gasteiger charge is -2.42. The molecule has 0 saturated heterocycles. The number of ketones is 1. The normalized spacial score (nSPS) is 19.7. The van der Waals surface area contributed by atoms with E-state index in [1.165, 1.54) is 17.3 Å². The molecule has 24 heavy (non-hydrogen) atoms. The van der Waals surface area contributed by atoms with Gasteiger partial charge in [-0.3, -0.25) is 4.79 Å². The highest BCUT2D eigenvalue weighted by Gasteiger charge is 2.48. The Labute approximate surface area is 148 Å². The van der Waals surface area contributed by atoms with Crippen LogP contribution in [0.5, 0.6) is 0 Å². The Kier molecular flexibility index (Phi) is 5.38.